The van der Waals surface area contributed by atoms with Crippen molar-refractivity contribution in [1.82, 2.24) is 19.9 Å². The van der Waals surface area contributed by atoms with Crippen LogP contribution in [0.15, 0.2) is 30.5 Å². The lowest BCUT2D eigenvalue weighted by Gasteiger charge is -2.38. The standard InChI is InChI=1S/C21H26N4O3/c1-2-28-13-18-23-17-12-22-16-9-5-4-8-15(16)19(17)25(18)14-21(24-20(26)27)10-6-3-7-11-21/h4-5,8-9,12,24H,2-3,6-7,10-11,13-14H2,1H3,(H,26,27). The Morgan fingerprint density at radius 1 is 1.25 bits per heavy atom. The highest BCUT2D eigenvalue weighted by Crippen LogP contribution is 2.33. The number of amides is 1. The number of hydrogen-bond acceptors (Lipinski definition) is 4. The zero-order chi connectivity index (χ0) is 19.6. The van der Waals surface area contributed by atoms with Crippen molar-refractivity contribution in [2.24, 2.45) is 0 Å². The summed E-state index contributed by atoms with van der Waals surface area (Å²) in [6.07, 6.45) is 5.68. The molecule has 148 valence electrons. The van der Waals surface area contributed by atoms with Crippen LogP contribution in [0, 0.1) is 0 Å². The fraction of sp³-hybridized carbons (Fsp3) is 0.476. The topological polar surface area (TPSA) is 89.3 Å². The van der Waals surface area contributed by atoms with Crippen LogP contribution < -0.4 is 5.32 Å². The molecule has 2 heterocycles. The zero-order valence-corrected chi connectivity index (χ0v) is 16.1. The van der Waals surface area contributed by atoms with Gasteiger partial charge in [0.2, 0.25) is 0 Å². The quantitative estimate of drug-likeness (QED) is 0.670. The number of nitrogens with one attached hydrogen (secondary N) is 1. The number of carboxylic acid groups (broad SMARTS) is 1. The molecule has 7 nitrogen and oxygen atoms in total. The molecule has 2 aromatic heterocycles. The van der Waals surface area contributed by atoms with Gasteiger partial charge in [-0.3, -0.25) is 4.98 Å². The molecule has 1 aromatic carbocycles. The monoisotopic (exact) mass is 382 g/mol. The van der Waals surface area contributed by atoms with Crippen molar-refractivity contribution in [3.8, 4) is 0 Å². The normalized spacial score (nSPS) is 16.5. The summed E-state index contributed by atoms with van der Waals surface area (Å²) in [6, 6.07) is 8.00. The van der Waals surface area contributed by atoms with Crippen LogP contribution in [0.3, 0.4) is 0 Å². The average molecular weight is 382 g/mol. The molecular weight excluding hydrogens is 356 g/mol. The number of imidazole rings is 1. The van der Waals surface area contributed by atoms with E-state index in [1.165, 1.54) is 0 Å². The molecule has 1 saturated carbocycles. The molecule has 0 spiro atoms. The summed E-state index contributed by atoms with van der Waals surface area (Å²) in [5, 5.41) is 13.4. The first kappa shape index (κ1) is 18.7. The Kier molecular flexibility index (Phi) is 5.17. The number of benzene rings is 1. The summed E-state index contributed by atoms with van der Waals surface area (Å²) in [4.78, 5) is 20.9. The summed E-state index contributed by atoms with van der Waals surface area (Å²) in [5.41, 5.74) is 2.23. The summed E-state index contributed by atoms with van der Waals surface area (Å²) >= 11 is 0. The Labute approximate surface area is 163 Å². The van der Waals surface area contributed by atoms with E-state index in [0.717, 1.165) is 59.9 Å². The number of rotatable bonds is 6. The van der Waals surface area contributed by atoms with E-state index in [-0.39, 0.29) is 0 Å². The van der Waals surface area contributed by atoms with Crippen LogP contribution in [0.2, 0.25) is 0 Å². The van der Waals surface area contributed by atoms with Gasteiger partial charge in [0.15, 0.2) is 0 Å². The molecule has 0 radical (unpaired) electrons. The van der Waals surface area contributed by atoms with Gasteiger partial charge >= 0.3 is 6.09 Å². The molecule has 0 bridgehead atoms. The Balaban J connectivity index is 1.86. The second-order valence-electron chi connectivity index (χ2n) is 7.53. The molecule has 0 saturated heterocycles. The highest BCUT2D eigenvalue weighted by Gasteiger charge is 2.35. The predicted octanol–water partition coefficient (Wildman–Crippen LogP) is 4.09. The predicted molar refractivity (Wildman–Crippen MR) is 107 cm³/mol. The van der Waals surface area contributed by atoms with E-state index in [0.29, 0.717) is 19.8 Å². The third kappa shape index (κ3) is 3.54. The lowest BCUT2D eigenvalue weighted by Crippen LogP contribution is -2.52. The molecule has 0 unspecified atom stereocenters. The van der Waals surface area contributed by atoms with E-state index < -0.39 is 11.6 Å². The molecule has 0 aliphatic heterocycles. The third-order valence-electron chi connectivity index (χ3n) is 5.64. The molecule has 7 heteroatoms. The second-order valence-corrected chi connectivity index (χ2v) is 7.53. The molecule has 1 fully saturated rings. The van der Waals surface area contributed by atoms with E-state index in [1.807, 2.05) is 31.2 Å². The number of carbonyl (C=O) groups is 1. The van der Waals surface area contributed by atoms with Crippen LogP contribution >= 0.6 is 0 Å². The summed E-state index contributed by atoms with van der Waals surface area (Å²) in [5.74, 6) is 0.812. The maximum atomic E-state index is 11.6. The van der Waals surface area contributed by atoms with Crippen LogP contribution in [0.25, 0.3) is 21.9 Å². The van der Waals surface area contributed by atoms with Crippen molar-refractivity contribution in [3.05, 3.63) is 36.3 Å². The van der Waals surface area contributed by atoms with E-state index in [1.54, 1.807) is 6.20 Å². The van der Waals surface area contributed by atoms with Crippen molar-refractivity contribution in [2.75, 3.05) is 6.61 Å². The van der Waals surface area contributed by atoms with Gasteiger partial charge in [-0.25, -0.2) is 9.78 Å². The highest BCUT2D eigenvalue weighted by atomic mass is 16.5. The minimum absolute atomic E-state index is 0.392. The molecule has 0 atom stereocenters. The first-order valence-electron chi connectivity index (χ1n) is 9.93. The van der Waals surface area contributed by atoms with Crippen molar-refractivity contribution in [1.29, 1.82) is 0 Å². The van der Waals surface area contributed by atoms with E-state index >= 15 is 0 Å². The van der Waals surface area contributed by atoms with Crippen LogP contribution in [0.5, 0.6) is 0 Å². The van der Waals surface area contributed by atoms with E-state index in [2.05, 4.69) is 14.9 Å². The van der Waals surface area contributed by atoms with Crippen LogP contribution in [0.1, 0.15) is 44.9 Å². The van der Waals surface area contributed by atoms with Gasteiger partial charge in [-0.2, -0.15) is 0 Å². The average Bonchev–Trinajstić information content (AvgIpc) is 3.04. The number of ether oxygens (including phenoxy) is 1. The number of nitrogens with zero attached hydrogens (tertiary/aromatic N) is 3. The SMILES string of the molecule is CCOCc1nc2cnc3ccccc3c2n1CC1(NC(=O)O)CCCCC1. The van der Waals surface area contributed by atoms with E-state index in [9.17, 15) is 9.90 Å². The van der Waals surface area contributed by atoms with Gasteiger partial charge in [0.25, 0.3) is 0 Å². The number of hydrogen-bond donors (Lipinski definition) is 2. The minimum Gasteiger partial charge on any atom is -0.465 e. The van der Waals surface area contributed by atoms with E-state index in [4.69, 9.17) is 9.72 Å². The van der Waals surface area contributed by atoms with Gasteiger partial charge in [0.05, 0.1) is 22.8 Å². The van der Waals surface area contributed by atoms with Gasteiger partial charge < -0.3 is 19.7 Å². The van der Waals surface area contributed by atoms with Gasteiger partial charge in [-0.05, 0) is 25.8 Å². The van der Waals surface area contributed by atoms with Crippen molar-refractivity contribution in [2.45, 2.75) is 57.7 Å². The summed E-state index contributed by atoms with van der Waals surface area (Å²) in [6.45, 7) is 3.49. The van der Waals surface area contributed by atoms with Crippen molar-refractivity contribution >= 4 is 28.0 Å². The Hall–Kier alpha value is -2.67. The first-order chi connectivity index (χ1) is 13.6. The van der Waals surface area contributed by atoms with Gasteiger partial charge in [0, 0.05) is 18.5 Å². The van der Waals surface area contributed by atoms with Gasteiger partial charge in [-0.1, -0.05) is 37.5 Å². The molecule has 1 amide bonds. The molecule has 2 N–H and O–H groups in total. The maximum absolute atomic E-state index is 11.6. The lowest BCUT2D eigenvalue weighted by atomic mass is 9.81. The first-order valence-corrected chi connectivity index (χ1v) is 9.93. The molecule has 4 rings (SSSR count). The van der Waals surface area contributed by atoms with Crippen LogP contribution in [-0.4, -0.2) is 37.9 Å². The van der Waals surface area contributed by atoms with Gasteiger partial charge in [0.1, 0.15) is 17.9 Å². The Bertz CT molecular complexity index is 992. The van der Waals surface area contributed by atoms with Crippen LogP contribution in [-0.2, 0) is 17.9 Å². The fourth-order valence-electron chi connectivity index (χ4n) is 4.36. The molecule has 3 aromatic rings. The highest BCUT2D eigenvalue weighted by molar-refractivity contribution is 6.02. The largest absolute Gasteiger partial charge is 0.465 e. The Morgan fingerprint density at radius 3 is 2.79 bits per heavy atom. The number of aromatic nitrogens is 3. The van der Waals surface area contributed by atoms with Crippen molar-refractivity contribution in [3.63, 3.8) is 0 Å². The zero-order valence-electron chi connectivity index (χ0n) is 16.1. The lowest BCUT2D eigenvalue weighted by molar-refractivity contribution is 0.121. The fourth-order valence-corrected chi connectivity index (χ4v) is 4.36. The molecule has 1 aliphatic rings. The van der Waals surface area contributed by atoms with Crippen LogP contribution in [0.4, 0.5) is 4.79 Å². The summed E-state index contributed by atoms with van der Waals surface area (Å²) in [7, 11) is 0. The number of fused-ring (bicyclic) bond motifs is 3. The maximum Gasteiger partial charge on any atom is 0.405 e. The molecular formula is C21H26N4O3. The van der Waals surface area contributed by atoms with Crippen molar-refractivity contribution < 1.29 is 14.6 Å². The third-order valence-corrected chi connectivity index (χ3v) is 5.64. The summed E-state index contributed by atoms with van der Waals surface area (Å²) < 4.78 is 7.81. The number of pyridine rings is 1. The Morgan fingerprint density at radius 2 is 2.04 bits per heavy atom. The molecule has 1 aliphatic carbocycles. The smallest absolute Gasteiger partial charge is 0.405 e. The minimum atomic E-state index is -0.968. The second kappa shape index (κ2) is 7.75. The number of para-hydroxylation sites is 1. The van der Waals surface area contributed by atoms with Gasteiger partial charge in [-0.15, -0.1) is 0 Å². The molecule has 28 heavy (non-hydrogen) atoms.